The second kappa shape index (κ2) is 5.57. The molecular formula is C12H11F4N3O3S. The summed E-state index contributed by atoms with van der Waals surface area (Å²) in [5, 5.41) is 9.13. The molecule has 1 heterocycles. The zero-order chi connectivity index (χ0) is 17.5. The molecule has 1 aromatic carbocycles. The first-order chi connectivity index (χ1) is 10.5. The van der Waals surface area contributed by atoms with E-state index in [-0.39, 0.29) is 12.3 Å². The fourth-order valence-electron chi connectivity index (χ4n) is 2.01. The summed E-state index contributed by atoms with van der Waals surface area (Å²) in [6.45, 7) is -1.12. The van der Waals surface area contributed by atoms with Crippen LogP contribution in [0.15, 0.2) is 30.9 Å². The fraction of sp³-hybridized carbons (Fsp3) is 0.333. The molecular weight excluding hydrogens is 342 g/mol. The summed E-state index contributed by atoms with van der Waals surface area (Å²) >= 11 is 0. The van der Waals surface area contributed by atoms with Crippen molar-refractivity contribution in [3.8, 4) is 0 Å². The minimum atomic E-state index is -5.14. The maximum Gasteiger partial charge on any atom is 0.379 e. The van der Waals surface area contributed by atoms with Gasteiger partial charge in [0.25, 0.3) is 0 Å². The van der Waals surface area contributed by atoms with Gasteiger partial charge < -0.3 is 5.11 Å². The van der Waals surface area contributed by atoms with Crippen LogP contribution in [0.2, 0.25) is 0 Å². The summed E-state index contributed by atoms with van der Waals surface area (Å²) < 4.78 is 79.2. The summed E-state index contributed by atoms with van der Waals surface area (Å²) in [4.78, 5) is 3.47. The monoisotopic (exact) mass is 353 g/mol. The number of halogens is 4. The van der Waals surface area contributed by atoms with Gasteiger partial charge in [-0.15, -0.1) is 0 Å². The summed E-state index contributed by atoms with van der Waals surface area (Å²) in [5.74, 6) is -2.59. The topological polar surface area (TPSA) is 85.1 Å². The molecule has 0 saturated heterocycles. The van der Waals surface area contributed by atoms with Crippen molar-refractivity contribution in [2.75, 3.05) is 6.26 Å². The van der Waals surface area contributed by atoms with Crippen LogP contribution in [0.1, 0.15) is 5.56 Å². The Labute approximate surface area is 128 Å². The van der Waals surface area contributed by atoms with Crippen molar-refractivity contribution >= 4 is 9.84 Å². The molecule has 0 radical (unpaired) electrons. The van der Waals surface area contributed by atoms with Crippen LogP contribution < -0.4 is 0 Å². The van der Waals surface area contributed by atoms with Crippen LogP contribution in [0.4, 0.5) is 17.6 Å². The molecule has 0 fully saturated rings. The molecule has 2 rings (SSSR count). The highest BCUT2D eigenvalue weighted by molar-refractivity contribution is 7.91. The highest BCUT2D eigenvalue weighted by Gasteiger charge is 2.62. The Balaban J connectivity index is 2.69. The second-order valence-corrected chi connectivity index (χ2v) is 6.92. The average Bonchev–Trinajstić information content (AvgIpc) is 2.89. The maximum atomic E-state index is 14.4. The molecule has 23 heavy (non-hydrogen) atoms. The van der Waals surface area contributed by atoms with E-state index in [1.165, 1.54) is 0 Å². The Kier molecular flexibility index (Phi) is 4.20. The second-order valence-electron chi connectivity index (χ2n) is 4.87. The van der Waals surface area contributed by atoms with Crippen LogP contribution in [-0.2, 0) is 22.0 Å². The van der Waals surface area contributed by atoms with Gasteiger partial charge in [0.05, 0.1) is 6.54 Å². The standard InChI is InChI=1S/C12H11F4N3O3S/c1-23(21,22)12(15,16)11(20,5-19-7-17-6-18-19)9-3-2-8(13)4-10(9)14/h2-4,6-7,20H,5H2,1H3/t11-/m0/s1. The molecule has 1 atom stereocenters. The number of hydrogen-bond donors (Lipinski definition) is 1. The number of alkyl halides is 2. The smallest absolute Gasteiger partial charge is 0.376 e. The van der Waals surface area contributed by atoms with Crippen LogP contribution in [0, 0.1) is 11.6 Å². The van der Waals surface area contributed by atoms with Crippen LogP contribution in [-0.4, -0.2) is 39.8 Å². The molecule has 0 unspecified atom stereocenters. The summed E-state index contributed by atoms with van der Waals surface area (Å²) in [7, 11) is -5.14. The molecule has 0 saturated carbocycles. The Morgan fingerprint density at radius 2 is 1.96 bits per heavy atom. The molecule has 0 amide bonds. The third-order valence-electron chi connectivity index (χ3n) is 3.18. The van der Waals surface area contributed by atoms with Crippen molar-refractivity contribution in [1.29, 1.82) is 0 Å². The number of aromatic nitrogens is 3. The van der Waals surface area contributed by atoms with Gasteiger partial charge >= 0.3 is 5.25 Å². The summed E-state index contributed by atoms with van der Waals surface area (Å²) in [6.07, 6.45) is 2.09. The van der Waals surface area contributed by atoms with Crippen LogP contribution >= 0.6 is 0 Å². The first kappa shape index (κ1) is 17.3. The van der Waals surface area contributed by atoms with E-state index >= 15 is 0 Å². The molecule has 126 valence electrons. The van der Waals surface area contributed by atoms with Crippen molar-refractivity contribution in [1.82, 2.24) is 14.8 Å². The zero-order valence-corrected chi connectivity index (χ0v) is 12.4. The lowest BCUT2D eigenvalue weighted by Gasteiger charge is -2.34. The molecule has 0 bridgehead atoms. The van der Waals surface area contributed by atoms with Gasteiger partial charge in [0.15, 0.2) is 5.60 Å². The van der Waals surface area contributed by atoms with E-state index in [4.69, 9.17) is 0 Å². The molecule has 0 aliphatic heterocycles. The third kappa shape index (κ3) is 2.93. The van der Waals surface area contributed by atoms with Crippen LogP contribution in [0.25, 0.3) is 0 Å². The fourth-order valence-corrected chi connectivity index (χ4v) is 2.80. The van der Waals surface area contributed by atoms with E-state index in [2.05, 4.69) is 10.1 Å². The quantitative estimate of drug-likeness (QED) is 0.813. The average molecular weight is 353 g/mol. The minimum absolute atomic E-state index is 0.195. The first-order valence-corrected chi connectivity index (χ1v) is 7.96. The van der Waals surface area contributed by atoms with E-state index in [1.54, 1.807) is 0 Å². The van der Waals surface area contributed by atoms with Crippen molar-refractivity contribution in [3.05, 3.63) is 48.1 Å². The maximum absolute atomic E-state index is 14.4. The zero-order valence-electron chi connectivity index (χ0n) is 11.6. The molecule has 2 aromatic rings. The Morgan fingerprint density at radius 3 is 2.43 bits per heavy atom. The Hall–Kier alpha value is -2.01. The van der Waals surface area contributed by atoms with Crippen molar-refractivity contribution < 1.29 is 31.1 Å². The highest BCUT2D eigenvalue weighted by Crippen LogP contribution is 2.43. The van der Waals surface area contributed by atoms with Gasteiger partial charge in [0.2, 0.25) is 9.84 Å². The molecule has 0 spiro atoms. The first-order valence-electron chi connectivity index (χ1n) is 6.07. The SMILES string of the molecule is CS(=O)(=O)C(F)(F)[C@](O)(Cn1cncn1)c1ccc(F)cc1F. The van der Waals surface area contributed by atoms with E-state index in [1.807, 2.05) is 0 Å². The van der Waals surface area contributed by atoms with Crippen molar-refractivity contribution in [2.45, 2.75) is 17.4 Å². The number of aliphatic hydroxyl groups is 1. The van der Waals surface area contributed by atoms with E-state index in [0.717, 1.165) is 12.7 Å². The van der Waals surface area contributed by atoms with E-state index < -0.39 is 44.4 Å². The van der Waals surface area contributed by atoms with Gasteiger partial charge in [0, 0.05) is 17.9 Å². The number of benzene rings is 1. The molecule has 1 aromatic heterocycles. The number of sulfone groups is 1. The Morgan fingerprint density at radius 1 is 1.30 bits per heavy atom. The van der Waals surface area contributed by atoms with Gasteiger partial charge in [-0.3, -0.25) is 0 Å². The van der Waals surface area contributed by atoms with Crippen molar-refractivity contribution in [2.24, 2.45) is 0 Å². The highest BCUT2D eigenvalue weighted by atomic mass is 32.2. The van der Waals surface area contributed by atoms with E-state index in [9.17, 15) is 31.1 Å². The lowest BCUT2D eigenvalue weighted by Crippen LogP contribution is -2.53. The summed E-state index contributed by atoms with van der Waals surface area (Å²) in [5.41, 5.74) is -4.60. The molecule has 1 N–H and O–H groups in total. The molecule has 0 aliphatic carbocycles. The third-order valence-corrected chi connectivity index (χ3v) is 4.45. The molecule has 6 nitrogen and oxygen atoms in total. The van der Waals surface area contributed by atoms with E-state index in [0.29, 0.717) is 16.8 Å². The molecule has 11 heteroatoms. The van der Waals surface area contributed by atoms with Gasteiger partial charge in [0.1, 0.15) is 24.3 Å². The number of rotatable bonds is 5. The lowest BCUT2D eigenvalue weighted by atomic mass is 9.93. The molecule has 0 aliphatic rings. The van der Waals surface area contributed by atoms with Crippen LogP contribution in [0.5, 0.6) is 0 Å². The van der Waals surface area contributed by atoms with Gasteiger partial charge in [-0.05, 0) is 12.1 Å². The largest absolute Gasteiger partial charge is 0.379 e. The minimum Gasteiger partial charge on any atom is -0.376 e. The van der Waals surface area contributed by atoms with Gasteiger partial charge in [-0.25, -0.2) is 26.9 Å². The number of nitrogens with zero attached hydrogens (tertiary/aromatic N) is 3. The predicted molar refractivity (Wildman–Crippen MR) is 70.1 cm³/mol. The van der Waals surface area contributed by atoms with Crippen LogP contribution in [0.3, 0.4) is 0 Å². The Bertz CT molecular complexity index is 811. The number of hydrogen-bond acceptors (Lipinski definition) is 5. The normalized spacial score (nSPS) is 15.4. The predicted octanol–water partition coefficient (Wildman–Crippen LogP) is 1.08. The summed E-state index contributed by atoms with van der Waals surface area (Å²) in [6, 6.07) is 1.45. The van der Waals surface area contributed by atoms with Crippen molar-refractivity contribution in [3.63, 3.8) is 0 Å². The van der Waals surface area contributed by atoms with Gasteiger partial charge in [-0.2, -0.15) is 13.9 Å². The lowest BCUT2D eigenvalue weighted by molar-refractivity contribution is -0.144. The van der Waals surface area contributed by atoms with Gasteiger partial charge in [-0.1, -0.05) is 0 Å².